The molecule has 0 aromatic carbocycles. The lowest BCUT2D eigenvalue weighted by Crippen LogP contribution is -2.10. The molecular formula is C18H32S5. The van der Waals surface area contributed by atoms with Gasteiger partial charge in [0.05, 0.1) is 0 Å². The first-order valence-corrected chi connectivity index (χ1v) is 13.3. The van der Waals surface area contributed by atoms with Crippen LogP contribution < -0.4 is 0 Å². The van der Waals surface area contributed by atoms with Crippen LogP contribution in [0.15, 0.2) is 9.79 Å². The fraction of sp³-hybridized carbons (Fsp3) is 0.778. The first kappa shape index (κ1) is 22.1. The molecule has 0 amide bonds. The molecule has 0 N–H and O–H groups in total. The third-order valence-electron chi connectivity index (χ3n) is 3.17. The molecule has 0 aliphatic carbocycles. The summed E-state index contributed by atoms with van der Waals surface area (Å²) in [5.41, 5.74) is 0.446. The summed E-state index contributed by atoms with van der Waals surface area (Å²) in [7, 11) is 0. The molecule has 0 saturated heterocycles. The Hall–Kier alpha value is 1.10. The third-order valence-corrected chi connectivity index (χ3v) is 10.1. The molecule has 0 nitrogen and oxygen atoms in total. The summed E-state index contributed by atoms with van der Waals surface area (Å²) in [4.78, 5) is 6.28. The van der Waals surface area contributed by atoms with Crippen molar-refractivity contribution in [2.24, 2.45) is 0 Å². The van der Waals surface area contributed by atoms with Crippen LogP contribution in [0, 0.1) is 0 Å². The number of thioether (sulfide) groups is 4. The number of hydrogen-bond donors (Lipinski definition) is 0. The lowest BCUT2D eigenvalue weighted by atomic mass is 9.93. The van der Waals surface area contributed by atoms with E-state index >= 15 is 0 Å². The van der Waals surface area contributed by atoms with Crippen LogP contribution in [-0.4, -0.2) is 21.7 Å². The molecule has 0 spiro atoms. The molecule has 1 aromatic heterocycles. The Labute approximate surface area is 165 Å². The van der Waals surface area contributed by atoms with Gasteiger partial charge in [-0.3, -0.25) is 0 Å². The molecule has 134 valence electrons. The van der Waals surface area contributed by atoms with Crippen LogP contribution in [0.2, 0.25) is 0 Å². The molecule has 5 heteroatoms. The Bertz CT molecular complexity index is 434. The van der Waals surface area contributed by atoms with Gasteiger partial charge in [0.1, 0.15) is 0 Å². The van der Waals surface area contributed by atoms with E-state index in [0.29, 0.717) is 0 Å². The summed E-state index contributed by atoms with van der Waals surface area (Å²) in [6.07, 6.45) is 0. The average Bonchev–Trinajstić information content (AvgIpc) is 2.78. The zero-order valence-corrected chi connectivity index (χ0v) is 20.0. The Morgan fingerprint density at radius 2 is 1.04 bits per heavy atom. The number of thiophene rings is 1. The van der Waals surface area contributed by atoms with E-state index in [2.05, 4.69) is 90.3 Å². The fourth-order valence-electron chi connectivity index (χ4n) is 2.02. The van der Waals surface area contributed by atoms with Crippen LogP contribution in [0.5, 0.6) is 0 Å². The van der Waals surface area contributed by atoms with Crippen molar-refractivity contribution >= 4 is 58.4 Å². The second-order valence-electron chi connectivity index (χ2n) is 7.43. The first-order chi connectivity index (χ1) is 10.6. The monoisotopic (exact) mass is 408 g/mol. The maximum Gasteiger partial charge on any atom is 0.0440 e. The van der Waals surface area contributed by atoms with Gasteiger partial charge in [0.25, 0.3) is 0 Å². The van der Waals surface area contributed by atoms with E-state index in [1.807, 2.05) is 23.5 Å². The molecule has 0 atom stereocenters. The lowest BCUT2D eigenvalue weighted by Gasteiger charge is -2.19. The topological polar surface area (TPSA) is 0 Å². The van der Waals surface area contributed by atoms with E-state index < -0.39 is 0 Å². The zero-order valence-electron chi connectivity index (χ0n) is 15.9. The van der Waals surface area contributed by atoms with Gasteiger partial charge in [-0.1, -0.05) is 55.4 Å². The van der Waals surface area contributed by atoms with Crippen molar-refractivity contribution in [3.05, 3.63) is 9.75 Å². The summed E-state index contributed by atoms with van der Waals surface area (Å²) < 4.78 is 0. The van der Waals surface area contributed by atoms with Gasteiger partial charge < -0.3 is 0 Å². The van der Waals surface area contributed by atoms with E-state index in [-0.39, 0.29) is 10.8 Å². The molecule has 0 bridgehead atoms. The van der Waals surface area contributed by atoms with Gasteiger partial charge in [-0.15, -0.1) is 34.9 Å². The van der Waals surface area contributed by atoms with Crippen LogP contribution in [0.25, 0.3) is 0 Å². The molecule has 0 saturated carbocycles. The summed E-state index contributed by atoms with van der Waals surface area (Å²) in [6, 6.07) is 0. The Morgan fingerprint density at radius 3 is 1.30 bits per heavy atom. The predicted molar refractivity (Wildman–Crippen MR) is 119 cm³/mol. The summed E-state index contributed by atoms with van der Waals surface area (Å²) in [6.45, 7) is 18.6. The quantitative estimate of drug-likeness (QED) is 0.243. The Balaban J connectivity index is 3.29. The molecule has 0 radical (unpaired) electrons. The smallest absolute Gasteiger partial charge is 0.0440 e. The van der Waals surface area contributed by atoms with Crippen LogP contribution in [0.3, 0.4) is 0 Å². The lowest BCUT2D eigenvalue weighted by molar-refractivity contribution is 0.585. The molecule has 1 rings (SSSR count). The minimum Gasteiger partial charge on any atom is -0.151 e. The summed E-state index contributed by atoms with van der Waals surface area (Å²) in [5, 5.41) is 2.32. The highest BCUT2D eigenvalue weighted by Crippen LogP contribution is 2.51. The van der Waals surface area contributed by atoms with E-state index in [0.717, 1.165) is 10.2 Å². The van der Waals surface area contributed by atoms with E-state index in [1.165, 1.54) is 11.5 Å². The van der Waals surface area contributed by atoms with Gasteiger partial charge in [0.15, 0.2) is 0 Å². The highest BCUT2D eigenvalue weighted by Gasteiger charge is 2.31. The normalized spacial score (nSPS) is 12.9. The molecule has 0 aliphatic heterocycles. The highest BCUT2D eigenvalue weighted by molar-refractivity contribution is 8.17. The minimum absolute atomic E-state index is 0.223. The van der Waals surface area contributed by atoms with E-state index in [9.17, 15) is 0 Å². The van der Waals surface area contributed by atoms with Crippen molar-refractivity contribution in [3.8, 4) is 0 Å². The highest BCUT2D eigenvalue weighted by atomic mass is 32.2. The van der Waals surface area contributed by atoms with Crippen LogP contribution in [0.1, 0.15) is 65.1 Å². The van der Waals surface area contributed by atoms with Crippen molar-refractivity contribution in [1.82, 2.24) is 0 Å². The van der Waals surface area contributed by atoms with Gasteiger partial charge in [-0.05, 0) is 22.3 Å². The van der Waals surface area contributed by atoms with Gasteiger partial charge in [0.2, 0.25) is 0 Å². The standard InChI is InChI=1S/C18H32S5/c1-9-19-11-21-13-14(22-12-20-10-2)16(18(6,7)8)23-15(13)17(3,4)5/h9-12H2,1-8H3. The maximum absolute atomic E-state index is 2.36. The number of rotatable bonds is 8. The fourth-order valence-corrected chi connectivity index (χ4v) is 8.59. The SMILES string of the molecule is CCSCSc1c(C(C)(C)C)sc(C(C)(C)C)c1SCSCC. The predicted octanol–water partition coefficient (Wildman–Crippen LogP) is 7.95. The average molecular weight is 409 g/mol. The van der Waals surface area contributed by atoms with Crippen molar-refractivity contribution in [3.63, 3.8) is 0 Å². The van der Waals surface area contributed by atoms with Crippen molar-refractivity contribution < 1.29 is 0 Å². The summed E-state index contributed by atoms with van der Waals surface area (Å²) >= 11 is 10.2. The van der Waals surface area contributed by atoms with Crippen LogP contribution >= 0.6 is 58.4 Å². The van der Waals surface area contributed by atoms with Gasteiger partial charge in [-0.25, -0.2) is 0 Å². The van der Waals surface area contributed by atoms with Gasteiger partial charge >= 0.3 is 0 Å². The van der Waals surface area contributed by atoms with Crippen molar-refractivity contribution in [2.75, 3.05) is 21.7 Å². The second-order valence-corrected chi connectivity index (χ2v) is 13.7. The molecule has 0 fully saturated rings. The van der Waals surface area contributed by atoms with Crippen LogP contribution in [-0.2, 0) is 10.8 Å². The summed E-state index contributed by atoms with van der Waals surface area (Å²) in [5.74, 6) is 2.39. The largest absolute Gasteiger partial charge is 0.151 e. The molecule has 1 aromatic rings. The molecule has 23 heavy (non-hydrogen) atoms. The van der Waals surface area contributed by atoms with Crippen LogP contribution in [0.4, 0.5) is 0 Å². The van der Waals surface area contributed by atoms with Crippen molar-refractivity contribution in [2.45, 2.75) is 76.0 Å². The minimum atomic E-state index is 0.223. The van der Waals surface area contributed by atoms with Crippen molar-refractivity contribution in [1.29, 1.82) is 0 Å². The second kappa shape index (κ2) is 9.70. The van der Waals surface area contributed by atoms with Gasteiger partial charge in [-0.2, -0.15) is 23.5 Å². The Morgan fingerprint density at radius 1 is 0.696 bits per heavy atom. The zero-order chi connectivity index (χ0) is 17.7. The maximum atomic E-state index is 2.36. The third kappa shape index (κ3) is 6.73. The first-order valence-electron chi connectivity index (χ1n) is 8.21. The number of hydrogen-bond acceptors (Lipinski definition) is 5. The molecule has 0 unspecified atom stereocenters. The van der Waals surface area contributed by atoms with E-state index in [1.54, 1.807) is 19.5 Å². The molecular weight excluding hydrogens is 377 g/mol. The molecule has 1 heterocycles. The van der Waals surface area contributed by atoms with E-state index in [4.69, 9.17) is 0 Å². The molecule has 0 aliphatic rings. The van der Waals surface area contributed by atoms with Gasteiger partial charge in [0, 0.05) is 29.7 Å². The Kier molecular flexibility index (Phi) is 9.34.